The maximum Gasteiger partial charge on any atom is 0.254 e. The van der Waals surface area contributed by atoms with Crippen LogP contribution in [0.2, 0.25) is 0 Å². The highest BCUT2D eigenvalue weighted by atomic mass is 32.2. The van der Waals surface area contributed by atoms with Crippen LogP contribution >= 0.6 is 11.8 Å². The molecule has 3 heteroatoms. The smallest absolute Gasteiger partial charge is 0.254 e. The van der Waals surface area contributed by atoms with E-state index in [4.69, 9.17) is 0 Å². The molecule has 0 aliphatic heterocycles. The molecule has 106 valence electrons. The molecule has 0 saturated carbocycles. The number of hydrogen-bond donors (Lipinski definition) is 0. The molecule has 0 saturated heterocycles. The van der Waals surface area contributed by atoms with Crippen molar-refractivity contribution < 1.29 is 4.79 Å². The molecule has 1 amide bonds. The van der Waals surface area contributed by atoms with Gasteiger partial charge >= 0.3 is 0 Å². The van der Waals surface area contributed by atoms with Crippen molar-refractivity contribution in [3.8, 4) is 0 Å². The average Bonchev–Trinajstić information content (AvgIpc) is 2.38. The topological polar surface area (TPSA) is 20.3 Å². The van der Waals surface area contributed by atoms with E-state index in [0.29, 0.717) is 5.25 Å². The maximum atomic E-state index is 12.6. The summed E-state index contributed by atoms with van der Waals surface area (Å²) < 4.78 is 0. The van der Waals surface area contributed by atoms with Crippen molar-refractivity contribution >= 4 is 17.7 Å². The zero-order chi connectivity index (χ0) is 14.3. The quantitative estimate of drug-likeness (QED) is 0.687. The predicted octanol–water partition coefficient (Wildman–Crippen LogP) is 4.45. The summed E-state index contributed by atoms with van der Waals surface area (Å²) >= 11 is 1.76. The minimum atomic E-state index is 0.174. The molecular formula is C16H25NOS. The van der Waals surface area contributed by atoms with E-state index in [2.05, 4.69) is 27.7 Å². The normalized spacial score (nSPS) is 10.8. The summed E-state index contributed by atoms with van der Waals surface area (Å²) in [6.45, 7) is 10.2. The SMILES string of the molecule is CCCN(CCC)C(=O)c1ccccc1SC(C)C. The number of nitrogens with zero attached hydrogens (tertiary/aromatic N) is 1. The third-order valence-corrected chi connectivity index (χ3v) is 3.84. The zero-order valence-electron chi connectivity index (χ0n) is 12.5. The van der Waals surface area contributed by atoms with Gasteiger partial charge in [-0.3, -0.25) is 4.79 Å². The highest BCUT2D eigenvalue weighted by molar-refractivity contribution is 8.00. The Morgan fingerprint density at radius 3 is 2.26 bits per heavy atom. The van der Waals surface area contributed by atoms with E-state index in [1.807, 2.05) is 29.2 Å². The van der Waals surface area contributed by atoms with Crippen LogP contribution in [-0.4, -0.2) is 29.1 Å². The maximum absolute atomic E-state index is 12.6. The Balaban J connectivity index is 2.96. The average molecular weight is 279 g/mol. The fourth-order valence-electron chi connectivity index (χ4n) is 2.03. The molecule has 0 aliphatic carbocycles. The summed E-state index contributed by atoms with van der Waals surface area (Å²) in [6.07, 6.45) is 2.01. The van der Waals surface area contributed by atoms with E-state index in [0.717, 1.165) is 36.4 Å². The number of benzene rings is 1. The predicted molar refractivity (Wildman–Crippen MR) is 83.9 cm³/mol. The minimum Gasteiger partial charge on any atom is -0.339 e. The van der Waals surface area contributed by atoms with Crippen molar-refractivity contribution in [2.75, 3.05) is 13.1 Å². The molecule has 0 radical (unpaired) electrons. The molecule has 0 fully saturated rings. The van der Waals surface area contributed by atoms with Crippen molar-refractivity contribution in [2.24, 2.45) is 0 Å². The Bertz CT molecular complexity index is 397. The molecule has 1 aromatic carbocycles. The fourth-order valence-corrected chi connectivity index (χ4v) is 2.97. The first-order valence-corrected chi connectivity index (χ1v) is 8.03. The lowest BCUT2D eigenvalue weighted by atomic mass is 10.2. The Labute approximate surface area is 121 Å². The third-order valence-electron chi connectivity index (χ3n) is 2.75. The van der Waals surface area contributed by atoms with Gasteiger partial charge in [0.05, 0.1) is 5.56 Å². The highest BCUT2D eigenvalue weighted by Crippen LogP contribution is 2.27. The number of carbonyl (C=O) groups is 1. The molecule has 19 heavy (non-hydrogen) atoms. The van der Waals surface area contributed by atoms with Crippen molar-refractivity contribution in [2.45, 2.75) is 50.7 Å². The third kappa shape index (κ3) is 4.90. The number of amides is 1. The van der Waals surface area contributed by atoms with E-state index in [1.165, 1.54) is 0 Å². The second kappa shape index (κ2) is 8.26. The van der Waals surface area contributed by atoms with Crippen LogP contribution in [0.1, 0.15) is 50.9 Å². The van der Waals surface area contributed by atoms with Crippen LogP contribution in [0.25, 0.3) is 0 Å². The number of carbonyl (C=O) groups excluding carboxylic acids is 1. The van der Waals surface area contributed by atoms with Crippen LogP contribution in [0, 0.1) is 0 Å². The highest BCUT2D eigenvalue weighted by Gasteiger charge is 2.18. The zero-order valence-corrected chi connectivity index (χ0v) is 13.3. The number of thioether (sulfide) groups is 1. The number of hydrogen-bond acceptors (Lipinski definition) is 2. The second-order valence-corrected chi connectivity index (χ2v) is 6.57. The standard InChI is InChI=1S/C16H25NOS/c1-5-11-17(12-6-2)16(18)14-9-7-8-10-15(14)19-13(3)4/h7-10,13H,5-6,11-12H2,1-4H3. The fraction of sp³-hybridized carbons (Fsp3) is 0.562. The van der Waals surface area contributed by atoms with E-state index in [-0.39, 0.29) is 5.91 Å². The Kier molecular flexibility index (Phi) is 7.00. The van der Waals surface area contributed by atoms with Crippen LogP contribution in [0.5, 0.6) is 0 Å². The molecule has 0 spiro atoms. The van der Waals surface area contributed by atoms with Gasteiger partial charge in [-0.25, -0.2) is 0 Å². The van der Waals surface area contributed by atoms with Gasteiger partial charge in [0.1, 0.15) is 0 Å². The summed E-state index contributed by atoms with van der Waals surface area (Å²) in [7, 11) is 0. The molecule has 0 aromatic heterocycles. The Hall–Kier alpha value is -0.960. The molecule has 0 unspecified atom stereocenters. The molecule has 0 aliphatic rings. The molecule has 1 rings (SSSR count). The first-order chi connectivity index (χ1) is 9.10. The summed E-state index contributed by atoms with van der Waals surface area (Å²) in [5.74, 6) is 0.174. The van der Waals surface area contributed by atoms with Gasteiger partial charge in [0.15, 0.2) is 0 Å². The van der Waals surface area contributed by atoms with Crippen molar-refractivity contribution in [1.29, 1.82) is 0 Å². The molecular weight excluding hydrogens is 254 g/mol. The second-order valence-electron chi connectivity index (χ2n) is 4.95. The van der Waals surface area contributed by atoms with Gasteiger partial charge in [-0.05, 0) is 25.0 Å². The molecule has 1 aromatic rings. The summed E-state index contributed by atoms with van der Waals surface area (Å²) in [5.41, 5.74) is 0.850. The minimum absolute atomic E-state index is 0.174. The van der Waals surface area contributed by atoms with Crippen molar-refractivity contribution in [1.82, 2.24) is 4.90 Å². The van der Waals surface area contributed by atoms with Crippen LogP contribution < -0.4 is 0 Å². The number of rotatable bonds is 7. The lowest BCUT2D eigenvalue weighted by Gasteiger charge is -2.23. The largest absolute Gasteiger partial charge is 0.339 e. The van der Waals surface area contributed by atoms with E-state index in [9.17, 15) is 4.79 Å². The van der Waals surface area contributed by atoms with Gasteiger partial charge in [0.2, 0.25) is 0 Å². The van der Waals surface area contributed by atoms with Crippen LogP contribution in [0.4, 0.5) is 0 Å². The Morgan fingerprint density at radius 2 is 1.74 bits per heavy atom. The van der Waals surface area contributed by atoms with Crippen molar-refractivity contribution in [3.63, 3.8) is 0 Å². The van der Waals surface area contributed by atoms with Gasteiger partial charge in [-0.2, -0.15) is 0 Å². The molecule has 0 atom stereocenters. The van der Waals surface area contributed by atoms with Crippen LogP contribution in [-0.2, 0) is 0 Å². The summed E-state index contributed by atoms with van der Waals surface area (Å²) in [6, 6.07) is 7.96. The van der Waals surface area contributed by atoms with E-state index in [1.54, 1.807) is 11.8 Å². The summed E-state index contributed by atoms with van der Waals surface area (Å²) in [5, 5.41) is 0.486. The lowest BCUT2D eigenvalue weighted by Crippen LogP contribution is -2.32. The summed E-state index contributed by atoms with van der Waals surface area (Å²) in [4.78, 5) is 15.7. The van der Waals surface area contributed by atoms with Crippen LogP contribution in [0.3, 0.4) is 0 Å². The van der Waals surface area contributed by atoms with Gasteiger partial charge < -0.3 is 4.90 Å². The first-order valence-electron chi connectivity index (χ1n) is 7.15. The first kappa shape index (κ1) is 16.1. The monoisotopic (exact) mass is 279 g/mol. The van der Waals surface area contributed by atoms with Gasteiger partial charge in [0.25, 0.3) is 5.91 Å². The van der Waals surface area contributed by atoms with Crippen LogP contribution in [0.15, 0.2) is 29.2 Å². The van der Waals surface area contributed by atoms with Gasteiger partial charge in [-0.15, -0.1) is 11.8 Å². The Morgan fingerprint density at radius 1 is 1.16 bits per heavy atom. The molecule has 0 bridgehead atoms. The van der Waals surface area contributed by atoms with Gasteiger partial charge in [0, 0.05) is 23.2 Å². The van der Waals surface area contributed by atoms with Crippen molar-refractivity contribution in [3.05, 3.63) is 29.8 Å². The van der Waals surface area contributed by atoms with Gasteiger partial charge in [-0.1, -0.05) is 39.8 Å². The molecule has 0 heterocycles. The molecule has 0 N–H and O–H groups in total. The molecule has 2 nitrogen and oxygen atoms in total. The van der Waals surface area contributed by atoms with E-state index >= 15 is 0 Å². The van der Waals surface area contributed by atoms with E-state index < -0.39 is 0 Å². The lowest BCUT2D eigenvalue weighted by molar-refractivity contribution is 0.0752.